The summed E-state index contributed by atoms with van der Waals surface area (Å²) < 4.78 is 5.38. The molecule has 0 bridgehead atoms. The topological polar surface area (TPSA) is 26.3 Å². The standard InChI is InChI=1S/C11H22O2Si/c1-6-8-10(7-2)9-11(12)13-14(3,4)5/h7H,6,8-9H2,1-5H3/b10-7+. The highest BCUT2D eigenvalue weighted by Crippen LogP contribution is 2.13. The second kappa shape index (κ2) is 6.01. The Morgan fingerprint density at radius 2 is 1.93 bits per heavy atom. The molecule has 0 aromatic rings. The van der Waals surface area contributed by atoms with Crippen molar-refractivity contribution < 1.29 is 9.22 Å². The molecule has 0 fully saturated rings. The largest absolute Gasteiger partial charge is 0.520 e. The van der Waals surface area contributed by atoms with Gasteiger partial charge in [0.1, 0.15) is 0 Å². The fourth-order valence-corrected chi connectivity index (χ4v) is 1.97. The van der Waals surface area contributed by atoms with E-state index in [-0.39, 0.29) is 5.97 Å². The quantitative estimate of drug-likeness (QED) is 0.517. The van der Waals surface area contributed by atoms with E-state index >= 15 is 0 Å². The van der Waals surface area contributed by atoms with Gasteiger partial charge < -0.3 is 4.43 Å². The van der Waals surface area contributed by atoms with Crippen LogP contribution in [0, 0.1) is 0 Å². The predicted molar refractivity (Wildman–Crippen MR) is 62.7 cm³/mol. The van der Waals surface area contributed by atoms with Crippen molar-refractivity contribution in [2.75, 3.05) is 0 Å². The zero-order valence-electron chi connectivity index (χ0n) is 10.0. The average molecular weight is 214 g/mol. The highest BCUT2D eigenvalue weighted by atomic mass is 28.4. The van der Waals surface area contributed by atoms with Crippen molar-refractivity contribution in [1.82, 2.24) is 0 Å². The minimum Gasteiger partial charge on any atom is -0.520 e. The Kier molecular flexibility index (Phi) is 5.77. The fourth-order valence-electron chi connectivity index (χ4n) is 1.22. The molecule has 0 N–H and O–H groups in total. The molecule has 0 aliphatic rings. The molecule has 0 rings (SSSR count). The van der Waals surface area contributed by atoms with E-state index in [0.717, 1.165) is 12.8 Å². The summed E-state index contributed by atoms with van der Waals surface area (Å²) in [7, 11) is -1.70. The van der Waals surface area contributed by atoms with Crippen LogP contribution in [0.5, 0.6) is 0 Å². The van der Waals surface area contributed by atoms with Gasteiger partial charge in [0.2, 0.25) is 8.32 Å². The van der Waals surface area contributed by atoms with Crippen molar-refractivity contribution in [3.05, 3.63) is 11.6 Å². The molecule has 0 saturated carbocycles. The van der Waals surface area contributed by atoms with E-state index in [1.165, 1.54) is 5.57 Å². The number of allylic oxidation sites excluding steroid dienone is 1. The number of hydrogen-bond donors (Lipinski definition) is 0. The smallest absolute Gasteiger partial charge is 0.296 e. The normalized spacial score (nSPS) is 12.8. The Morgan fingerprint density at radius 1 is 1.36 bits per heavy atom. The van der Waals surface area contributed by atoms with Crippen LogP contribution in [0.25, 0.3) is 0 Å². The summed E-state index contributed by atoms with van der Waals surface area (Å²) in [5, 5.41) is 0. The van der Waals surface area contributed by atoms with Crippen molar-refractivity contribution in [3.8, 4) is 0 Å². The Balaban J connectivity index is 4.05. The molecule has 0 aliphatic heterocycles. The predicted octanol–water partition coefficient (Wildman–Crippen LogP) is 3.50. The number of rotatable bonds is 5. The highest BCUT2D eigenvalue weighted by molar-refractivity contribution is 6.71. The molecule has 3 heteroatoms. The van der Waals surface area contributed by atoms with Crippen LogP contribution in [0.2, 0.25) is 19.6 Å². The maximum absolute atomic E-state index is 11.5. The molecular weight excluding hydrogens is 192 g/mol. The van der Waals surface area contributed by atoms with Crippen molar-refractivity contribution in [1.29, 1.82) is 0 Å². The van der Waals surface area contributed by atoms with Gasteiger partial charge in [-0.1, -0.05) is 25.0 Å². The Labute approximate surface area is 88.5 Å². The minimum atomic E-state index is -1.70. The summed E-state index contributed by atoms with van der Waals surface area (Å²) in [6.45, 7) is 10.2. The molecule has 82 valence electrons. The van der Waals surface area contributed by atoms with E-state index < -0.39 is 8.32 Å². The number of carbonyl (C=O) groups is 1. The zero-order valence-corrected chi connectivity index (χ0v) is 11.0. The first-order valence-corrected chi connectivity index (χ1v) is 8.65. The molecule has 0 aromatic heterocycles. The van der Waals surface area contributed by atoms with E-state index in [2.05, 4.69) is 6.92 Å². The van der Waals surface area contributed by atoms with Gasteiger partial charge in [0.15, 0.2) is 0 Å². The molecule has 0 aliphatic carbocycles. The summed E-state index contributed by atoms with van der Waals surface area (Å²) in [6.07, 6.45) is 4.57. The Morgan fingerprint density at radius 3 is 2.29 bits per heavy atom. The second-order valence-electron chi connectivity index (χ2n) is 4.46. The Bertz CT molecular complexity index is 214. The summed E-state index contributed by atoms with van der Waals surface area (Å²) in [6, 6.07) is 0. The van der Waals surface area contributed by atoms with Crippen LogP contribution in [0.3, 0.4) is 0 Å². The number of hydrogen-bond acceptors (Lipinski definition) is 2. The van der Waals surface area contributed by atoms with Crippen molar-refractivity contribution in [2.24, 2.45) is 0 Å². The van der Waals surface area contributed by atoms with E-state index in [1.54, 1.807) is 0 Å². The van der Waals surface area contributed by atoms with E-state index in [0.29, 0.717) is 6.42 Å². The van der Waals surface area contributed by atoms with Crippen LogP contribution in [0.1, 0.15) is 33.1 Å². The summed E-state index contributed by atoms with van der Waals surface area (Å²) in [5.74, 6) is -0.0642. The second-order valence-corrected chi connectivity index (χ2v) is 8.89. The molecule has 0 aromatic carbocycles. The molecule has 0 atom stereocenters. The van der Waals surface area contributed by atoms with Gasteiger partial charge in [-0.3, -0.25) is 4.79 Å². The maximum atomic E-state index is 11.5. The van der Waals surface area contributed by atoms with Crippen molar-refractivity contribution >= 4 is 14.3 Å². The molecule has 0 saturated heterocycles. The van der Waals surface area contributed by atoms with E-state index in [1.807, 2.05) is 32.6 Å². The van der Waals surface area contributed by atoms with E-state index in [9.17, 15) is 4.79 Å². The van der Waals surface area contributed by atoms with Crippen LogP contribution in [0.4, 0.5) is 0 Å². The summed E-state index contributed by atoms with van der Waals surface area (Å²) >= 11 is 0. The molecule has 14 heavy (non-hydrogen) atoms. The first-order valence-electron chi connectivity index (χ1n) is 5.25. The molecular formula is C11H22O2Si. The van der Waals surface area contributed by atoms with Crippen LogP contribution in [-0.2, 0) is 9.22 Å². The molecule has 0 radical (unpaired) electrons. The van der Waals surface area contributed by atoms with Gasteiger partial charge in [0, 0.05) is 0 Å². The van der Waals surface area contributed by atoms with Gasteiger partial charge in [-0.25, -0.2) is 0 Å². The van der Waals surface area contributed by atoms with Crippen molar-refractivity contribution in [3.63, 3.8) is 0 Å². The Hall–Kier alpha value is -0.573. The minimum absolute atomic E-state index is 0.0642. The average Bonchev–Trinajstić information content (AvgIpc) is 2.00. The van der Waals surface area contributed by atoms with Gasteiger partial charge in [-0.15, -0.1) is 0 Å². The first kappa shape index (κ1) is 13.4. The zero-order chi connectivity index (χ0) is 11.2. The van der Waals surface area contributed by atoms with Crippen LogP contribution >= 0.6 is 0 Å². The van der Waals surface area contributed by atoms with Gasteiger partial charge >= 0.3 is 0 Å². The highest BCUT2D eigenvalue weighted by Gasteiger charge is 2.20. The van der Waals surface area contributed by atoms with Crippen LogP contribution in [0.15, 0.2) is 11.6 Å². The molecule has 0 spiro atoms. The van der Waals surface area contributed by atoms with Gasteiger partial charge in [0.25, 0.3) is 5.97 Å². The van der Waals surface area contributed by atoms with Gasteiger partial charge in [-0.2, -0.15) is 0 Å². The summed E-state index contributed by atoms with van der Waals surface area (Å²) in [4.78, 5) is 11.5. The molecule has 0 unspecified atom stereocenters. The van der Waals surface area contributed by atoms with Gasteiger partial charge in [-0.05, 0) is 33.0 Å². The van der Waals surface area contributed by atoms with Crippen LogP contribution in [-0.4, -0.2) is 14.3 Å². The lowest BCUT2D eigenvalue weighted by molar-refractivity contribution is -0.134. The fraction of sp³-hybridized carbons (Fsp3) is 0.727. The first-order chi connectivity index (χ1) is 6.39. The number of carbonyl (C=O) groups excluding carboxylic acids is 1. The van der Waals surface area contributed by atoms with Crippen molar-refractivity contribution in [2.45, 2.75) is 52.8 Å². The van der Waals surface area contributed by atoms with Gasteiger partial charge in [0.05, 0.1) is 6.42 Å². The molecule has 2 nitrogen and oxygen atoms in total. The SMILES string of the molecule is C/C=C(\CCC)CC(=O)O[Si](C)(C)C. The summed E-state index contributed by atoms with van der Waals surface area (Å²) in [5.41, 5.74) is 1.19. The van der Waals surface area contributed by atoms with Crippen LogP contribution < -0.4 is 0 Å². The third kappa shape index (κ3) is 6.89. The third-order valence-corrected chi connectivity index (χ3v) is 2.61. The monoisotopic (exact) mass is 214 g/mol. The lowest BCUT2D eigenvalue weighted by atomic mass is 10.1. The lowest BCUT2D eigenvalue weighted by Crippen LogP contribution is -2.29. The third-order valence-electron chi connectivity index (χ3n) is 1.77. The molecule has 0 amide bonds. The van der Waals surface area contributed by atoms with E-state index in [4.69, 9.17) is 4.43 Å². The lowest BCUT2D eigenvalue weighted by Gasteiger charge is -2.17. The maximum Gasteiger partial charge on any atom is 0.296 e. The molecule has 0 heterocycles.